The van der Waals surface area contributed by atoms with Gasteiger partial charge >= 0.3 is 0 Å². The van der Waals surface area contributed by atoms with Gasteiger partial charge in [0.25, 0.3) is 0 Å². The van der Waals surface area contributed by atoms with Crippen molar-refractivity contribution in [1.29, 1.82) is 0 Å². The average Bonchev–Trinajstić information content (AvgIpc) is 2.10. The molecule has 0 saturated heterocycles. The van der Waals surface area contributed by atoms with Crippen molar-refractivity contribution in [2.75, 3.05) is 6.61 Å². The molecular weight excluding hydrogens is 160 g/mol. The van der Waals surface area contributed by atoms with E-state index in [2.05, 4.69) is 32.0 Å². The summed E-state index contributed by atoms with van der Waals surface area (Å²) in [6.07, 6.45) is 2.88. The van der Waals surface area contributed by atoms with Crippen LogP contribution >= 0.6 is 0 Å². The predicted octanol–water partition coefficient (Wildman–Crippen LogP) is 3.06. The van der Waals surface area contributed by atoms with Gasteiger partial charge in [-0.15, -0.1) is 0 Å². The van der Waals surface area contributed by atoms with E-state index in [4.69, 9.17) is 0 Å². The van der Waals surface area contributed by atoms with Crippen molar-refractivity contribution < 1.29 is 5.11 Å². The van der Waals surface area contributed by atoms with Crippen LogP contribution in [-0.4, -0.2) is 6.61 Å². The minimum absolute atomic E-state index is 0.0604. The fourth-order valence-electron chi connectivity index (χ4n) is 1.65. The molecule has 1 nitrogen and oxygen atoms in total. The Morgan fingerprint density at radius 3 is 2.23 bits per heavy atom. The molecule has 0 heterocycles. The lowest BCUT2D eigenvalue weighted by Crippen LogP contribution is -1.94. The van der Waals surface area contributed by atoms with Crippen LogP contribution in [-0.2, 0) is 11.5 Å². The molecule has 0 fully saturated rings. The molecule has 0 aromatic heterocycles. The molecule has 0 N–H and O–H groups in total. The second-order valence-corrected chi connectivity index (χ2v) is 3.53. The maximum absolute atomic E-state index is 10.3. The molecule has 0 atom stereocenters. The van der Waals surface area contributed by atoms with Crippen LogP contribution in [0.4, 0.5) is 0 Å². The van der Waals surface area contributed by atoms with Gasteiger partial charge in [0.1, 0.15) is 0 Å². The van der Waals surface area contributed by atoms with E-state index in [1.54, 1.807) is 0 Å². The number of rotatable bonds is 4. The summed E-state index contributed by atoms with van der Waals surface area (Å²) in [5, 5.41) is 10.3. The third-order valence-corrected chi connectivity index (χ3v) is 2.47. The predicted molar refractivity (Wildman–Crippen MR) is 54.4 cm³/mol. The zero-order valence-corrected chi connectivity index (χ0v) is 8.47. The molecule has 1 rings (SSSR count). The summed E-state index contributed by atoms with van der Waals surface area (Å²) >= 11 is 0. The average molecular weight is 177 g/mol. The first-order valence-corrected chi connectivity index (χ1v) is 4.89. The van der Waals surface area contributed by atoms with Crippen LogP contribution in [0.25, 0.3) is 0 Å². The van der Waals surface area contributed by atoms with E-state index in [9.17, 15) is 5.11 Å². The lowest BCUT2D eigenvalue weighted by molar-refractivity contribution is 0.187. The maximum atomic E-state index is 10.3. The molecule has 0 aliphatic heterocycles. The Hall–Kier alpha value is -0.820. The van der Waals surface area contributed by atoms with Crippen LogP contribution in [0.1, 0.15) is 29.5 Å². The summed E-state index contributed by atoms with van der Waals surface area (Å²) in [6, 6.07) is 6.36. The van der Waals surface area contributed by atoms with Crippen molar-refractivity contribution in [2.45, 2.75) is 33.1 Å². The number of hydrogen-bond donors (Lipinski definition) is 0. The fourth-order valence-corrected chi connectivity index (χ4v) is 1.65. The molecule has 0 saturated carbocycles. The normalized spacial score (nSPS) is 10.4. The Bertz CT molecular complexity index is 246. The van der Waals surface area contributed by atoms with E-state index >= 15 is 0 Å². The van der Waals surface area contributed by atoms with Crippen LogP contribution in [0, 0.1) is 13.8 Å². The second kappa shape index (κ2) is 5.03. The van der Waals surface area contributed by atoms with E-state index in [0.717, 1.165) is 19.3 Å². The van der Waals surface area contributed by atoms with E-state index in [0.29, 0.717) is 0 Å². The molecule has 0 aliphatic rings. The molecule has 1 heteroatoms. The first-order valence-electron chi connectivity index (χ1n) is 4.89. The van der Waals surface area contributed by atoms with Gasteiger partial charge in [0.15, 0.2) is 0 Å². The van der Waals surface area contributed by atoms with Gasteiger partial charge in [0, 0.05) is 0 Å². The van der Waals surface area contributed by atoms with Crippen molar-refractivity contribution >= 4 is 0 Å². The standard InChI is InChI=1S/C12H17O/c1-10-6-5-7-11(2)12(10)8-3-4-9-13/h5-7H,3-4,8-9H2,1-2H3. The number of aryl methyl sites for hydroxylation is 2. The van der Waals surface area contributed by atoms with Gasteiger partial charge in [-0.05, 0) is 49.8 Å². The number of benzene rings is 1. The number of unbranched alkanes of at least 4 members (excludes halogenated alkanes) is 1. The molecule has 0 aliphatic carbocycles. The zero-order valence-electron chi connectivity index (χ0n) is 8.47. The lowest BCUT2D eigenvalue weighted by Gasteiger charge is -2.08. The summed E-state index contributed by atoms with van der Waals surface area (Å²) in [5.41, 5.74) is 4.13. The summed E-state index contributed by atoms with van der Waals surface area (Å²) in [5.74, 6) is 0. The molecule has 0 spiro atoms. The highest BCUT2D eigenvalue weighted by Crippen LogP contribution is 2.15. The van der Waals surface area contributed by atoms with Crippen molar-refractivity contribution in [2.24, 2.45) is 0 Å². The van der Waals surface area contributed by atoms with Crippen molar-refractivity contribution in [3.63, 3.8) is 0 Å². The quantitative estimate of drug-likeness (QED) is 0.630. The van der Waals surface area contributed by atoms with Gasteiger partial charge in [-0.1, -0.05) is 18.2 Å². The van der Waals surface area contributed by atoms with Crippen molar-refractivity contribution in [1.82, 2.24) is 0 Å². The molecule has 0 amide bonds. The molecule has 1 aromatic carbocycles. The van der Waals surface area contributed by atoms with Gasteiger partial charge in [0.2, 0.25) is 0 Å². The van der Waals surface area contributed by atoms with Crippen LogP contribution in [0.5, 0.6) is 0 Å². The maximum Gasteiger partial charge on any atom is 0.0822 e. The first-order chi connectivity index (χ1) is 6.25. The van der Waals surface area contributed by atoms with Gasteiger partial charge in [-0.25, -0.2) is 5.11 Å². The summed E-state index contributed by atoms with van der Waals surface area (Å²) in [6.45, 7) is 4.34. The Morgan fingerprint density at radius 1 is 1.08 bits per heavy atom. The Kier molecular flexibility index (Phi) is 3.97. The Balaban J connectivity index is 2.64. The number of hydrogen-bond acceptors (Lipinski definition) is 0. The van der Waals surface area contributed by atoms with Crippen molar-refractivity contribution in [3.05, 3.63) is 34.9 Å². The highest BCUT2D eigenvalue weighted by atomic mass is 16.2. The van der Waals surface area contributed by atoms with Crippen LogP contribution < -0.4 is 0 Å². The first kappa shape index (κ1) is 10.3. The topological polar surface area (TPSA) is 19.9 Å². The van der Waals surface area contributed by atoms with Crippen LogP contribution in [0.3, 0.4) is 0 Å². The van der Waals surface area contributed by atoms with Gasteiger partial charge in [-0.3, -0.25) is 0 Å². The molecule has 71 valence electrons. The van der Waals surface area contributed by atoms with Gasteiger partial charge in [0.05, 0.1) is 6.61 Å². The monoisotopic (exact) mass is 177 g/mol. The SMILES string of the molecule is Cc1cccc(C)c1CCCC[O]. The molecule has 0 bridgehead atoms. The van der Waals surface area contributed by atoms with Crippen molar-refractivity contribution in [3.8, 4) is 0 Å². The minimum atomic E-state index is 0.0604. The van der Waals surface area contributed by atoms with Gasteiger partial charge in [-0.2, -0.15) is 0 Å². The zero-order chi connectivity index (χ0) is 9.68. The fraction of sp³-hybridized carbons (Fsp3) is 0.500. The van der Waals surface area contributed by atoms with E-state index in [1.165, 1.54) is 16.7 Å². The van der Waals surface area contributed by atoms with E-state index < -0.39 is 0 Å². The van der Waals surface area contributed by atoms with Crippen LogP contribution in [0.15, 0.2) is 18.2 Å². The molecule has 1 radical (unpaired) electrons. The van der Waals surface area contributed by atoms with E-state index in [-0.39, 0.29) is 6.61 Å². The summed E-state index contributed by atoms with van der Waals surface area (Å²) < 4.78 is 0. The molecule has 1 aromatic rings. The summed E-state index contributed by atoms with van der Waals surface area (Å²) in [7, 11) is 0. The van der Waals surface area contributed by atoms with Gasteiger partial charge < -0.3 is 0 Å². The smallest absolute Gasteiger partial charge is 0.0822 e. The molecule has 13 heavy (non-hydrogen) atoms. The second-order valence-electron chi connectivity index (χ2n) is 3.53. The Labute approximate surface area is 80.4 Å². The lowest BCUT2D eigenvalue weighted by atomic mass is 9.98. The third-order valence-electron chi connectivity index (χ3n) is 2.47. The van der Waals surface area contributed by atoms with Crippen LogP contribution in [0.2, 0.25) is 0 Å². The molecule has 0 unspecified atom stereocenters. The minimum Gasteiger partial charge on any atom is -0.237 e. The third kappa shape index (κ3) is 2.85. The molecular formula is C12H17O. The largest absolute Gasteiger partial charge is 0.237 e. The highest BCUT2D eigenvalue weighted by molar-refractivity contribution is 5.33. The van der Waals surface area contributed by atoms with E-state index in [1.807, 2.05) is 0 Å². The summed E-state index contributed by atoms with van der Waals surface area (Å²) in [4.78, 5) is 0. The highest BCUT2D eigenvalue weighted by Gasteiger charge is 2.00. The Morgan fingerprint density at radius 2 is 1.69 bits per heavy atom.